The maximum absolute atomic E-state index is 12.9. The summed E-state index contributed by atoms with van der Waals surface area (Å²) in [7, 11) is 1.48. The minimum Gasteiger partial charge on any atom is -0.469 e. The molecule has 0 N–H and O–H groups in total. The van der Waals surface area contributed by atoms with Gasteiger partial charge in [0.1, 0.15) is 0 Å². The monoisotopic (exact) mass is 344 g/mol. The summed E-state index contributed by atoms with van der Waals surface area (Å²) in [6.45, 7) is 4.44. The van der Waals surface area contributed by atoms with E-state index in [1.54, 1.807) is 6.08 Å². The Morgan fingerprint density at radius 2 is 1.88 bits per heavy atom. The number of rotatable bonds is 1. The molecule has 0 saturated heterocycles. The van der Waals surface area contributed by atoms with Crippen LogP contribution in [0.3, 0.4) is 0 Å². The van der Waals surface area contributed by atoms with E-state index >= 15 is 0 Å². The van der Waals surface area contributed by atoms with Crippen LogP contribution in [0.1, 0.15) is 58.8 Å². The third-order valence-electron chi connectivity index (χ3n) is 8.27. The van der Waals surface area contributed by atoms with Crippen LogP contribution in [0.15, 0.2) is 11.6 Å². The molecule has 0 amide bonds. The summed E-state index contributed by atoms with van der Waals surface area (Å²) in [6, 6.07) is 0. The number of fused-ring (bicyclic) bond motifs is 5. The summed E-state index contributed by atoms with van der Waals surface area (Å²) >= 11 is 0. The molecule has 4 rings (SSSR count). The second-order valence-corrected chi connectivity index (χ2v) is 9.14. The second-order valence-electron chi connectivity index (χ2n) is 9.14. The quantitative estimate of drug-likeness (QED) is 0.683. The van der Waals surface area contributed by atoms with Crippen LogP contribution in [0.4, 0.5) is 0 Å². The lowest BCUT2D eigenvalue weighted by molar-refractivity contribution is -0.153. The molecule has 0 aromatic heterocycles. The summed E-state index contributed by atoms with van der Waals surface area (Å²) in [5.74, 6) is 1.37. The van der Waals surface area contributed by atoms with Gasteiger partial charge in [-0.2, -0.15) is 0 Å². The average Bonchev–Trinajstić information content (AvgIpc) is 2.93. The van der Waals surface area contributed by atoms with Crippen molar-refractivity contribution in [1.29, 1.82) is 0 Å². The molecule has 3 fully saturated rings. The van der Waals surface area contributed by atoms with Crippen molar-refractivity contribution in [3.8, 4) is 0 Å². The normalized spacial score (nSPS) is 46.0. The zero-order chi connectivity index (χ0) is 18.0. The fraction of sp³-hybridized carbons (Fsp3) is 0.762. The number of carbonyl (C=O) groups is 3. The van der Waals surface area contributed by atoms with Crippen LogP contribution in [0.25, 0.3) is 0 Å². The predicted octanol–water partition coefficient (Wildman–Crippen LogP) is 3.49. The van der Waals surface area contributed by atoms with Gasteiger partial charge in [-0.1, -0.05) is 13.8 Å². The lowest BCUT2D eigenvalue weighted by atomic mass is 9.46. The molecule has 0 aromatic rings. The Bertz CT molecular complexity index is 677. The minimum absolute atomic E-state index is 0.0313. The van der Waals surface area contributed by atoms with Crippen LogP contribution in [0.5, 0.6) is 0 Å². The fourth-order valence-electron chi connectivity index (χ4n) is 6.92. The molecule has 4 heteroatoms. The Hall–Kier alpha value is -1.45. The molecule has 0 bridgehead atoms. The maximum Gasteiger partial charge on any atom is 0.309 e. The summed E-state index contributed by atoms with van der Waals surface area (Å²) in [5, 5.41) is 0. The molecule has 136 valence electrons. The van der Waals surface area contributed by atoms with Crippen LogP contribution in [-0.4, -0.2) is 24.6 Å². The third kappa shape index (κ3) is 2.22. The maximum atomic E-state index is 12.9. The lowest BCUT2D eigenvalue weighted by Crippen LogP contribution is -2.53. The van der Waals surface area contributed by atoms with Gasteiger partial charge in [0.2, 0.25) is 0 Å². The number of hydrogen-bond acceptors (Lipinski definition) is 4. The van der Waals surface area contributed by atoms with Crippen molar-refractivity contribution in [2.45, 2.75) is 58.8 Å². The Balaban J connectivity index is 1.70. The van der Waals surface area contributed by atoms with Crippen molar-refractivity contribution in [3.05, 3.63) is 11.6 Å². The van der Waals surface area contributed by atoms with Crippen LogP contribution in [-0.2, 0) is 19.1 Å². The molecule has 6 atom stereocenters. The molecule has 0 aromatic carbocycles. The van der Waals surface area contributed by atoms with E-state index in [-0.39, 0.29) is 34.3 Å². The van der Waals surface area contributed by atoms with E-state index in [0.29, 0.717) is 30.6 Å². The first-order valence-electron chi connectivity index (χ1n) is 9.67. The predicted molar refractivity (Wildman–Crippen MR) is 92.6 cm³/mol. The van der Waals surface area contributed by atoms with Crippen molar-refractivity contribution in [1.82, 2.24) is 0 Å². The largest absolute Gasteiger partial charge is 0.469 e. The third-order valence-corrected chi connectivity index (χ3v) is 8.27. The van der Waals surface area contributed by atoms with Gasteiger partial charge in [-0.15, -0.1) is 0 Å². The van der Waals surface area contributed by atoms with Gasteiger partial charge in [-0.05, 0) is 66.8 Å². The Morgan fingerprint density at radius 3 is 2.60 bits per heavy atom. The van der Waals surface area contributed by atoms with Gasteiger partial charge in [-0.25, -0.2) is 0 Å². The highest BCUT2D eigenvalue weighted by Gasteiger charge is 2.61. The summed E-state index contributed by atoms with van der Waals surface area (Å²) in [5.41, 5.74) is 0.589. The van der Waals surface area contributed by atoms with Crippen LogP contribution in [0.2, 0.25) is 0 Å². The van der Waals surface area contributed by atoms with Gasteiger partial charge in [0.05, 0.1) is 13.0 Å². The molecule has 0 spiro atoms. The number of ether oxygens (including phenoxy) is 1. The molecule has 4 unspecified atom stereocenters. The number of carbonyl (C=O) groups excluding carboxylic acids is 3. The number of allylic oxidation sites excluding steroid dienone is 1. The first kappa shape index (κ1) is 17.0. The van der Waals surface area contributed by atoms with Crippen molar-refractivity contribution >= 4 is 17.5 Å². The van der Waals surface area contributed by atoms with Crippen LogP contribution in [0, 0.1) is 34.5 Å². The smallest absolute Gasteiger partial charge is 0.309 e. The first-order chi connectivity index (χ1) is 11.8. The molecule has 0 aliphatic heterocycles. The molecular formula is C21H28O4. The van der Waals surface area contributed by atoms with Gasteiger partial charge in [0.25, 0.3) is 0 Å². The molecule has 4 nitrogen and oxygen atoms in total. The van der Waals surface area contributed by atoms with E-state index in [1.807, 2.05) is 0 Å². The molecule has 0 heterocycles. The highest BCUT2D eigenvalue weighted by molar-refractivity contribution is 6.05. The van der Waals surface area contributed by atoms with Crippen LogP contribution < -0.4 is 0 Å². The van der Waals surface area contributed by atoms with Gasteiger partial charge in [-0.3, -0.25) is 14.4 Å². The number of esters is 1. The van der Waals surface area contributed by atoms with Gasteiger partial charge in [0, 0.05) is 18.4 Å². The van der Waals surface area contributed by atoms with E-state index in [0.717, 1.165) is 37.7 Å². The van der Waals surface area contributed by atoms with Gasteiger partial charge >= 0.3 is 5.97 Å². The molecule has 25 heavy (non-hydrogen) atoms. The van der Waals surface area contributed by atoms with Gasteiger partial charge < -0.3 is 4.74 Å². The standard InChI is InChI=1S/C21H28O4/c1-20-9-7-15-13(14(20)4-5-16(20)19(24)25-3)11-18(23)17-10-12(22)6-8-21(15,17)2/h10,13-16H,4-9,11H2,1-3H3/t13?,14?,15?,16?,20-,21+/m0/s1. The molecule has 4 aliphatic rings. The molecule has 3 saturated carbocycles. The van der Waals surface area contributed by atoms with E-state index in [9.17, 15) is 14.4 Å². The zero-order valence-corrected chi connectivity index (χ0v) is 15.5. The van der Waals surface area contributed by atoms with Crippen molar-refractivity contribution in [3.63, 3.8) is 0 Å². The van der Waals surface area contributed by atoms with Crippen molar-refractivity contribution in [2.24, 2.45) is 34.5 Å². The summed E-state index contributed by atoms with van der Waals surface area (Å²) in [4.78, 5) is 37.0. The van der Waals surface area contributed by atoms with Crippen LogP contribution >= 0.6 is 0 Å². The fourth-order valence-corrected chi connectivity index (χ4v) is 6.92. The molecular weight excluding hydrogens is 316 g/mol. The average molecular weight is 344 g/mol. The van der Waals surface area contributed by atoms with Crippen molar-refractivity contribution in [2.75, 3.05) is 7.11 Å². The van der Waals surface area contributed by atoms with E-state index in [1.165, 1.54) is 7.11 Å². The zero-order valence-electron chi connectivity index (χ0n) is 15.5. The van der Waals surface area contributed by atoms with E-state index < -0.39 is 0 Å². The van der Waals surface area contributed by atoms with E-state index in [4.69, 9.17) is 4.74 Å². The number of hydrogen-bond donors (Lipinski definition) is 0. The Morgan fingerprint density at radius 1 is 1.12 bits per heavy atom. The SMILES string of the molecule is COC(=O)C1CCC2C3CC(=O)C4=CC(=O)CC[C@]4(C)C3CC[C@]12C. The molecule has 4 aliphatic carbocycles. The summed E-state index contributed by atoms with van der Waals surface area (Å²) < 4.78 is 5.07. The van der Waals surface area contributed by atoms with E-state index in [2.05, 4.69) is 13.8 Å². The second kappa shape index (κ2) is 5.52. The summed E-state index contributed by atoms with van der Waals surface area (Å²) in [6.07, 6.45) is 7.50. The topological polar surface area (TPSA) is 60.4 Å². The number of ketones is 2. The number of methoxy groups -OCH3 is 1. The number of Topliss-reactive ketones (excluding diaryl/α,β-unsaturated/α-hetero) is 1. The highest BCUT2D eigenvalue weighted by Crippen LogP contribution is 2.66. The lowest BCUT2D eigenvalue weighted by Gasteiger charge is -2.57. The van der Waals surface area contributed by atoms with Crippen molar-refractivity contribution < 1.29 is 19.1 Å². The Labute approximate surface area is 149 Å². The Kier molecular flexibility index (Phi) is 3.75. The highest BCUT2D eigenvalue weighted by atomic mass is 16.5. The van der Waals surface area contributed by atoms with Gasteiger partial charge in [0.15, 0.2) is 11.6 Å². The minimum atomic E-state index is -0.154. The first-order valence-corrected chi connectivity index (χ1v) is 9.67. The molecule has 0 radical (unpaired) electrons.